The summed E-state index contributed by atoms with van der Waals surface area (Å²) < 4.78 is 0. The summed E-state index contributed by atoms with van der Waals surface area (Å²) in [7, 11) is 2.06. The van der Waals surface area contributed by atoms with Crippen molar-refractivity contribution in [3.63, 3.8) is 0 Å². The van der Waals surface area contributed by atoms with Gasteiger partial charge in [-0.3, -0.25) is 19.2 Å². The second-order valence-electron chi connectivity index (χ2n) is 17.7. The van der Waals surface area contributed by atoms with Crippen LogP contribution in [0.3, 0.4) is 0 Å². The number of hydrogen-bond acceptors (Lipinski definition) is 11. The number of piperazine rings is 1. The molecule has 0 spiro atoms. The molecule has 5 aliphatic rings. The van der Waals surface area contributed by atoms with Gasteiger partial charge in [-0.25, -0.2) is 14.4 Å². The lowest BCUT2D eigenvalue weighted by atomic mass is 9.49. The van der Waals surface area contributed by atoms with Crippen LogP contribution in [0.15, 0.2) is 48.5 Å². The van der Waals surface area contributed by atoms with Crippen molar-refractivity contribution in [1.82, 2.24) is 20.0 Å². The number of thioether (sulfide) groups is 1. The summed E-state index contributed by atoms with van der Waals surface area (Å²) in [5, 5.41) is 43.4. The van der Waals surface area contributed by atoms with E-state index >= 15 is 0 Å². The zero-order chi connectivity index (χ0) is 44.9. The molecule has 15 nitrogen and oxygen atoms in total. The minimum absolute atomic E-state index is 0.00408. The number of benzene rings is 2. The molecule has 5 fully saturated rings. The van der Waals surface area contributed by atoms with Gasteiger partial charge in [0, 0.05) is 63.1 Å². The minimum atomic E-state index is -3.96. The van der Waals surface area contributed by atoms with Gasteiger partial charge in [-0.2, -0.15) is 0 Å². The van der Waals surface area contributed by atoms with E-state index in [9.17, 15) is 54.0 Å². The van der Waals surface area contributed by atoms with Crippen LogP contribution < -0.4 is 5.32 Å². The second kappa shape index (κ2) is 19.6. The van der Waals surface area contributed by atoms with Crippen LogP contribution in [0, 0.1) is 37.0 Å². The van der Waals surface area contributed by atoms with Crippen molar-refractivity contribution in [3.8, 4) is 0 Å². The molecular formula is C45H60N4O11S. The molecule has 2 aromatic carbocycles. The van der Waals surface area contributed by atoms with E-state index < -0.39 is 40.7 Å². The van der Waals surface area contributed by atoms with Gasteiger partial charge >= 0.3 is 18.0 Å². The highest BCUT2D eigenvalue weighted by Crippen LogP contribution is 2.61. The highest BCUT2D eigenvalue weighted by Gasteiger charge is 2.70. The number of carboxylic acids is 2. The third-order valence-electron chi connectivity index (χ3n) is 13.0. The van der Waals surface area contributed by atoms with Gasteiger partial charge in [0.15, 0.2) is 5.12 Å². The molecule has 0 radical (unpaired) electrons. The Morgan fingerprint density at radius 1 is 0.754 bits per heavy atom. The van der Waals surface area contributed by atoms with Gasteiger partial charge < -0.3 is 40.4 Å². The fourth-order valence-electron chi connectivity index (χ4n) is 9.88. The van der Waals surface area contributed by atoms with Gasteiger partial charge in [-0.05, 0) is 95.9 Å². The predicted molar refractivity (Wildman–Crippen MR) is 228 cm³/mol. The van der Waals surface area contributed by atoms with E-state index in [1.807, 2.05) is 9.80 Å². The van der Waals surface area contributed by atoms with E-state index in [4.69, 9.17) is 0 Å². The number of rotatable bonds is 15. The van der Waals surface area contributed by atoms with Crippen LogP contribution in [0.4, 0.5) is 4.79 Å². The third kappa shape index (κ3) is 10.7. The highest BCUT2D eigenvalue weighted by molar-refractivity contribution is 8.13. The van der Waals surface area contributed by atoms with Crippen molar-refractivity contribution in [1.29, 1.82) is 0 Å². The Kier molecular flexibility index (Phi) is 15.2. The molecule has 4 saturated carbocycles. The summed E-state index contributed by atoms with van der Waals surface area (Å²) in [5.74, 6) is -4.72. The van der Waals surface area contributed by atoms with Crippen molar-refractivity contribution in [2.45, 2.75) is 89.9 Å². The third-order valence-corrected chi connectivity index (χ3v) is 13.8. The fourth-order valence-corrected chi connectivity index (χ4v) is 10.5. The van der Waals surface area contributed by atoms with Crippen molar-refractivity contribution in [2.24, 2.45) is 23.2 Å². The molecule has 4 bridgehead atoms. The minimum Gasteiger partial charge on any atom is -0.479 e. The molecule has 0 aromatic heterocycles. The molecule has 5 N–H and O–H groups in total. The predicted octanol–water partition coefficient (Wildman–Crippen LogP) is 4.05. The summed E-state index contributed by atoms with van der Waals surface area (Å²) in [6, 6.07) is 9.63. The first-order valence-corrected chi connectivity index (χ1v) is 22.0. The van der Waals surface area contributed by atoms with Crippen LogP contribution in [-0.4, -0.2) is 145 Å². The molecule has 16 heteroatoms. The fraction of sp³-hybridized carbons (Fsp3) is 0.578. The Morgan fingerprint density at radius 2 is 1.18 bits per heavy atom. The van der Waals surface area contributed by atoms with Crippen molar-refractivity contribution < 1.29 is 54.0 Å². The average Bonchev–Trinajstić information content (AvgIpc) is 3.20. The Labute approximate surface area is 361 Å². The Morgan fingerprint density at radius 3 is 1.57 bits per heavy atom. The number of aliphatic carboxylic acids is 2. The number of carboxylic acid groups (broad SMARTS) is 2. The number of nitrogens with zero attached hydrogens (tertiary/aromatic N) is 3. The smallest absolute Gasteiger partial charge is 0.348 e. The van der Waals surface area contributed by atoms with Gasteiger partial charge in [0.2, 0.25) is 17.5 Å². The first-order valence-electron chi connectivity index (χ1n) is 21.0. The summed E-state index contributed by atoms with van der Waals surface area (Å²) >= 11 is 1.27. The molecular weight excluding hydrogens is 805 g/mol. The summed E-state index contributed by atoms with van der Waals surface area (Å²) in [5.41, 5.74) is -6.87. The molecule has 1 heterocycles. The lowest BCUT2D eigenvalue weighted by Crippen LogP contribution is -2.71. The molecule has 1 saturated heterocycles. The topological polar surface area (TPSA) is 222 Å². The number of hydrogen-bond donors (Lipinski definition) is 5. The maximum Gasteiger partial charge on any atom is 0.348 e. The first kappa shape index (κ1) is 47.4. The Balaban J connectivity index is 0.000000234. The van der Waals surface area contributed by atoms with Gasteiger partial charge in [-0.1, -0.05) is 71.4 Å². The van der Waals surface area contributed by atoms with E-state index in [1.54, 1.807) is 27.7 Å². The van der Waals surface area contributed by atoms with Gasteiger partial charge in [-0.15, -0.1) is 0 Å². The van der Waals surface area contributed by atoms with Crippen LogP contribution in [-0.2, 0) is 19.2 Å². The maximum absolute atomic E-state index is 13.2. The van der Waals surface area contributed by atoms with Gasteiger partial charge in [0.05, 0.1) is 0 Å². The maximum atomic E-state index is 13.2. The average molecular weight is 865 g/mol. The number of aliphatic hydroxyl groups is 2. The van der Waals surface area contributed by atoms with Crippen molar-refractivity contribution in [3.05, 3.63) is 70.8 Å². The quantitative estimate of drug-likeness (QED) is 0.126. The van der Waals surface area contributed by atoms with E-state index in [-0.39, 0.29) is 28.2 Å². The molecule has 3 atom stereocenters. The van der Waals surface area contributed by atoms with Gasteiger partial charge in [0.1, 0.15) is 6.04 Å². The lowest BCUT2D eigenvalue weighted by Gasteiger charge is -2.57. The Bertz CT molecular complexity index is 1850. The SMILES string of the molecule is CC(=O)SCCN(CCC12CC3CC(CC(C3)C1)C2)C(=O)N[C@@H](C)C(=O)N1CCN(C)CC1.Cc1ccc(C(=O)C(O)(C(=O)O)C(O)(C(=O)O)C(=O)c2ccc(C)cc2)cc1. The van der Waals surface area contributed by atoms with Crippen molar-refractivity contribution >= 4 is 52.3 Å². The van der Waals surface area contributed by atoms with Crippen LogP contribution in [0.1, 0.15) is 90.6 Å². The summed E-state index contributed by atoms with van der Waals surface area (Å²) in [4.78, 5) is 92.6. The Hall–Kier alpha value is -4.64. The molecule has 2 unspecified atom stereocenters. The normalized spacial score (nSPS) is 24.2. The van der Waals surface area contributed by atoms with E-state index in [0.717, 1.165) is 61.5 Å². The van der Waals surface area contributed by atoms with Gasteiger partial charge in [0.25, 0.3) is 11.2 Å². The number of urea groups is 1. The molecule has 2 aromatic rings. The lowest BCUT2D eigenvalue weighted by molar-refractivity contribution is -0.187. The number of amides is 3. The number of Topliss-reactive ketones (excluding diaryl/α,β-unsaturated/α-hetero) is 2. The molecule has 4 aliphatic carbocycles. The standard InChI is InChI=1S/C25H42N4O3S.C20H18O8/c1-18(23(31)28-8-6-27(3)7-9-28)26-24(32)29(10-11-33-19(2)30)5-4-25-15-20-12-21(16-25)14-22(13-20)17-25;1-11-3-7-13(8-4-11)15(21)19(27,17(23)24)20(28,18(25)26)16(22)14-9-5-12(2)6-10-14/h18,20-22H,4-17H2,1-3H3,(H,26,32);3-10,27-28H,1-2H3,(H,23,24)(H,25,26)/t18-,20?,21?,22?,25?;/m0./s1. The van der Waals surface area contributed by atoms with E-state index in [2.05, 4.69) is 17.3 Å². The first-order chi connectivity index (χ1) is 28.7. The zero-order valence-corrected chi connectivity index (χ0v) is 36.5. The van der Waals surface area contributed by atoms with Crippen molar-refractivity contribution in [2.75, 3.05) is 52.1 Å². The number of nitrogens with one attached hydrogen (secondary N) is 1. The summed E-state index contributed by atoms with van der Waals surface area (Å²) in [6.45, 7) is 11.1. The van der Waals surface area contributed by atoms with Crippen LogP contribution in [0.2, 0.25) is 0 Å². The molecule has 7 rings (SSSR count). The molecule has 332 valence electrons. The van der Waals surface area contributed by atoms with E-state index in [1.165, 1.54) is 74.6 Å². The monoisotopic (exact) mass is 864 g/mol. The molecule has 61 heavy (non-hydrogen) atoms. The zero-order valence-electron chi connectivity index (χ0n) is 35.7. The second-order valence-corrected chi connectivity index (χ2v) is 19.0. The highest BCUT2D eigenvalue weighted by atomic mass is 32.2. The number of carbonyl (C=O) groups is 7. The summed E-state index contributed by atoms with van der Waals surface area (Å²) in [6.07, 6.45) is 9.30. The largest absolute Gasteiger partial charge is 0.479 e. The van der Waals surface area contributed by atoms with Crippen LogP contribution in [0.5, 0.6) is 0 Å². The van der Waals surface area contributed by atoms with Crippen LogP contribution >= 0.6 is 11.8 Å². The number of aryl methyl sites for hydroxylation is 2. The van der Waals surface area contributed by atoms with E-state index in [0.29, 0.717) is 48.5 Å². The number of likely N-dealkylation sites (N-methyl/N-ethyl adjacent to an activating group) is 1. The van der Waals surface area contributed by atoms with Crippen LogP contribution in [0.25, 0.3) is 0 Å². The molecule has 1 aliphatic heterocycles. The number of carbonyl (C=O) groups excluding carboxylic acids is 5. The number of ketones is 2. The molecule has 3 amide bonds.